The van der Waals surface area contributed by atoms with Crippen molar-refractivity contribution >= 4 is 5.97 Å². The summed E-state index contributed by atoms with van der Waals surface area (Å²) in [6.45, 7) is 0.890. The lowest BCUT2D eigenvalue weighted by atomic mass is 10.1. The van der Waals surface area contributed by atoms with Gasteiger partial charge in [-0.2, -0.15) is 0 Å². The zero-order chi connectivity index (χ0) is 11.3. The number of hydrogen-bond donors (Lipinski definition) is 1. The van der Waals surface area contributed by atoms with Crippen LogP contribution >= 0.6 is 0 Å². The summed E-state index contributed by atoms with van der Waals surface area (Å²) in [6, 6.07) is 8.09. The van der Waals surface area contributed by atoms with Crippen LogP contribution in [-0.4, -0.2) is 30.1 Å². The molecule has 0 radical (unpaired) electrons. The third-order valence-corrected chi connectivity index (χ3v) is 2.12. The molecule has 0 aliphatic rings. The predicted octanol–water partition coefficient (Wildman–Crippen LogP) is 1.77. The molecule has 0 fully saturated rings. The average molecular weight is 207 g/mol. The highest BCUT2D eigenvalue weighted by Gasteiger charge is 2.00. The van der Waals surface area contributed by atoms with Gasteiger partial charge < -0.3 is 10.0 Å². The zero-order valence-corrected chi connectivity index (χ0v) is 9.23. The second-order valence-electron chi connectivity index (χ2n) is 3.95. The Morgan fingerprint density at radius 3 is 2.60 bits per heavy atom. The number of nitrogens with zero attached hydrogens (tertiary/aromatic N) is 1. The Balaban J connectivity index is 2.61. The minimum Gasteiger partial charge on any atom is -0.481 e. The summed E-state index contributed by atoms with van der Waals surface area (Å²) in [5.74, 6) is -0.743. The van der Waals surface area contributed by atoms with Gasteiger partial charge in [0, 0.05) is 13.0 Å². The summed E-state index contributed by atoms with van der Waals surface area (Å²) in [4.78, 5) is 12.5. The Morgan fingerprint density at radius 2 is 2.00 bits per heavy atom. The highest BCUT2D eigenvalue weighted by Crippen LogP contribution is 2.09. The molecule has 0 heterocycles. The van der Waals surface area contributed by atoms with E-state index in [0.29, 0.717) is 6.42 Å². The lowest BCUT2D eigenvalue weighted by Gasteiger charge is -2.10. The molecular formula is C12H17NO2. The first-order valence-corrected chi connectivity index (χ1v) is 5.02. The molecule has 0 spiro atoms. The van der Waals surface area contributed by atoms with Crippen LogP contribution in [0.25, 0.3) is 0 Å². The molecule has 0 aromatic heterocycles. The predicted molar refractivity (Wildman–Crippen MR) is 59.8 cm³/mol. The molecule has 15 heavy (non-hydrogen) atoms. The van der Waals surface area contributed by atoms with Gasteiger partial charge in [0.05, 0.1) is 0 Å². The summed E-state index contributed by atoms with van der Waals surface area (Å²) >= 11 is 0. The molecule has 1 aromatic rings. The van der Waals surface area contributed by atoms with Gasteiger partial charge in [0.15, 0.2) is 0 Å². The third-order valence-electron chi connectivity index (χ3n) is 2.12. The number of aryl methyl sites for hydroxylation is 1. The van der Waals surface area contributed by atoms with Gasteiger partial charge in [0.2, 0.25) is 0 Å². The van der Waals surface area contributed by atoms with Crippen LogP contribution < -0.4 is 0 Å². The minimum atomic E-state index is -0.743. The van der Waals surface area contributed by atoms with E-state index in [0.717, 1.165) is 12.1 Å². The van der Waals surface area contributed by atoms with E-state index in [9.17, 15) is 4.79 Å². The Labute approximate surface area is 90.3 Å². The summed E-state index contributed by atoms with van der Waals surface area (Å²) in [5.41, 5.74) is 2.32. The van der Waals surface area contributed by atoms with Crippen molar-refractivity contribution in [2.24, 2.45) is 0 Å². The van der Waals surface area contributed by atoms with Crippen LogP contribution in [0.15, 0.2) is 24.3 Å². The number of carboxylic acid groups (broad SMARTS) is 1. The molecule has 82 valence electrons. The first kappa shape index (κ1) is 11.7. The molecule has 0 saturated carbocycles. The van der Waals surface area contributed by atoms with Gasteiger partial charge in [0.25, 0.3) is 0 Å². The van der Waals surface area contributed by atoms with Crippen LogP contribution in [0.3, 0.4) is 0 Å². The summed E-state index contributed by atoms with van der Waals surface area (Å²) < 4.78 is 0. The lowest BCUT2D eigenvalue weighted by molar-refractivity contribution is -0.136. The van der Waals surface area contributed by atoms with E-state index in [2.05, 4.69) is 17.0 Å². The SMILES string of the molecule is CN(C)Cc1cccc(CCC(=O)O)c1. The first-order chi connectivity index (χ1) is 7.08. The number of carboxylic acids is 1. The van der Waals surface area contributed by atoms with Crippen molar-refractivity contribution in [2.45, 2.75) is 19.4 Å². The fourth-order valence-corrected chi connectivity index (χ4v) is 1.50. The first-order valence-electron chi connectivity index (χ1n) is 5.02. The summed E-state index contributed by atoms with van der Waals surface area (Å²) in [5, 5.41) is 8.58. The normalized spacial score (nSPS) is 10.6. The Hall–Kier alpha value is -1.35. The largest absolute Gasteiger partial charge is 0.481 e. The highest BCUT2D eigenvalue weighted by molar-refractivity contribution is 5.67. The van der Waals surface area contributed by atoms with Gasteiger partial charge in [-0.1, -0.05) is 24.3 Å². The molecule has 3 heteroatoms. The molecule has 1 rings (SSSR count). The van der Waals surface area contributed by atoms with Crippen molar-refractivity contribution in [1.29, 1.82) is 0 Å². The third kappa shape index (κ3) is 4.61. The van der Waals surface area contributed by atoms with E-state index >= 15 is 0 Å². The molecule has 0 aliphatic heterocycles. The van der Waals surface area contributed by atoms with Gasteiger partial charge in [-0.05, 0) is 31.6 Å². The smallest absolute Gasteiger partial charge is 0.303 e. The van der Waals surface area contributed by atoms with Crippen molar-refractivity contribution in [3.63, 3.8) is 0 Å². The van der Waals surface area contributed by atoms with Crippen LogP contribution in [0.5, 0.6) is 0 Å². The topological polar surface area (TPSA) is 40.5 Å². The fraction of sp³-hybridized carbons (Fsp3) is 0.417. The quantitative estimate of drug-likeness (QED) is 0.800. The molecule has 1 N–H and O–H groups in total. The highest BCUT2D eigenvalue weighted by atomic mass is 16.4. The molecule has 3 nitrogen and oxygen atoms in total. The van der Waals surface area contributed by atoms with Crippen LogP contribution in [-0.2, 0) is 17.8 Å². The Bertz CT molecular complexity index is 334. The molecule has 0 aliphatic carbocycles. The van der Waals surface area contributed by atoms with Crippen LogP contribution in [0.1, 0.15) is 17.5 Å². The number of rotatable bonds is 5. The lowest BCUT2D eigenvalue weighted by Crippen LogP contribution is -2.10. The van der Waals surface area contributed by atoms with E-state index < -0.39 is 5.97 Å². The molecular weight excluding hydrogens is 190 g/mol. The van der Waals surface area contributed by atoms with Gasteiger partial charge in [-0.15, -0.1) is 0 Å². The summed E-state index contributed by atoms with van der Waals surface area (Å²) in [6.07, 6.45) is 0.808. The van der Waals surface area contributed by atoms with E-state index in [1.54, 1.807) is 0 Å². The maximum Gasteiger partial charge on any atom is 0.303 e. The van der Waals surface area contributed by atoms with Gasteiger partial charge in [-0.25, -0.2) is 0 Å². The molecule has 0 bridgehead atoms. The van der Waals surface area contributed by atoms with Crippen LogP contribution in [0.4, 0.5) is 0 Å². The molecule has 0 amide bonds. The fourth-order valence-electron chi connectivity index (χ4n) is 1.50. The number of aliphatic carboxylic acids is 1. The summed E-state index contributed by atoms with van der Waals surface area (Å²) in [7, 11) is 4.04. The number of hydrogen-bond acceptors (Lipinski definition) is 2. The molecule has 0 saturated heterocycles. The standard InChI is InChI=1S/C12H17NO2/c1-13(2)9-11-5-3-4-10(8-11)6-7-12(14)15/h3-5,8H,6-7,9H2,1-2H3,(H,14,15). The van der Waals surface area contributed by atoms with Crippen LogP contribution in [0, 0.1) is 0 Å². The second kappa shape index (κ2) is 5.51. The van der Waals surface area contributed by atoms with E-state index in [-0.39, 0.29) is 6.42 Å². The molecule has 1 aromatic carbocycles. The number of benzene rings is 1. The Kier molecular flexibility index (Phi) is 4.31. The average Bonchev–Trinajstić information content (AvgIpc) is 2.14. The molecule has 0 unspecified atom stereocenters. The van der Waals surface area contributed by atoms with Crippen LogP contribution in [0.2, 0.25) is 0 Å². The maximum atomic E-state index is 10.4. The van der Waals surface area contributed by atoms with E-state index in [1.807, 2.05) is 26.2 Å². The van der Waals surface area contributed by atoms with Gasteiger partial charge in [0.1, 0.15) is 0 Å². The van der Waals surface area contributed by atoms with Crippen molar-refractivity contribution in [3.8, 4) is 0 Å². The minimum absolute atomic E-state index is 0.200. The van der Waals surface area contributed by atoms with Gasteiger partial charge in [-0.3, -0.25) is 4.79 Å². The second-order valence-corrected chi connectivity index (χ2v) is 3.95. The van der Waals surface area contributed by atoms with E-state index in [1.165, 1.54) is 5.56 Å². The number of carbonyl (C=O) groups is 1. The Morgan fingerprint density at radius 1 is 1.33 bits per heavy atom. The molecule has 0 atom stereocenters. The van der Waals surface area contributed by atoms with Crippen molar-refractivity contribution in [1.82, 2.24) is 4.90 Å². The monoisotopic (exact) mass is 207 g/mol. The van der Waals surface area contributed by atoms with E-state index in [4.69, 9.17) is 5.11 Å². The van der Waals surface area contributed by atoms with Crippen molar-refractivity contribution < 1.29 is 9.90 Å². The maximum absolute atomic E-state index is 10.4. The zero-order valence-electron chi connectivity index (χ0n) is 9.23. The van der Waals surface area contributed by atoms with Crippen molar-refractivity contribution in [3.05, 3.63) is 35.4 Å². The van der Waals surface area contributed by atoms with Crippen molar-refractivity contribution in [2.75, 3.05) is 14.1 Å². The van der Waals surface area contributed by atoms with Gasteiger partial charge >= 0.3 is 5.97 Å².